The van der Waals surface area contributed by atoms with Gasteiger partial charge in [0, 0.05) is 30.4 Å². The quantitative estimate of drug-likeness (QED) is 0.856. The van der Waals surface area contributed by atoms with E-state index in [2.05, 4.69) is 26.7 Å². The minimum absolute atomic E-state index is 0.817. The van der Waals surface area contributed by atoms with Crippen molar-refractivity contribution in [1.29, 1.82) is 0 Å². The Labute approximate surface area is 93.2 Å². The molecule has 0 saturated heterocycles. The summed E-state index contributed by atoms with van der Waals surface area (Å²) >= 11 is 1.63. The molecule has 0 unspecified atom stereocenters. The van der Waals surface area contributed by atoms with Crippen LogP contribution in [-0.2, 0) is 13.1 Å². The summed E-state index contributed by atoms with van der Waals surface area (Å²) in [5.74, 6) is 0. The number of aryl methyl sites for hydroxylation is 1. The van der Waals surface area contributed by atoms with Crippen molar-refractivity contribution in [2.75, 3.05) is 0 Å². The molecule has 0 bridgehead atoms. The first kappa shape index (κ1) is 10.3. The summed E-state index contributed by atoms with van der Waals surface area (Å²) in [6.07, 6.45) is 1.82. The maximum atomic E-state index is 4.24. The number of rotatable bonds is 4. The molecule has 0 fully saturated rings. The van der Waals surface area contributed by atoms with Crippen molar-refractivity contribution in [2.24, 2.45) is 0 Å². The molecule has 1 N–H and O–H groups in total. The molecule has 3 nitrogen and oxygen atoms in total. The fraction of sp³-hybridized carbons (Fsp3) is 0.273. The van der Waals surface area contributed by atoms with Crippen molar-refractivity contribution < 1.29 is 0 Å². The zero-order chi connectivity index (χ0) is 10.5. The van der Waals surface area contributed by atoms with E-state index in [1.54, 1.807) is 11.3 Å². The van der Waals surface area contributed by atoms with E-state index in [0.717, 1.165) is 24.5 Å². The smallest absolute Gasteiger partial charge is 0.0795 e. The van der Waals surface area contributed by atoms with Crippen LogP contribution in [0.5, 0.6) is 0 Å². The standard InChI is InChI=1S/C11H13N3S/c1-9-10(3-2-4-13-9)5-12-6-11-7-15-8-14-11/h2-4,7-8,12H,5-6H2,1H3. The summed E-state index contributed by atoms with van der Waals surface area (Å²) in [7, 11) is 0. The van der Waals surface area contributed by atoms with Crippen LogP contribution in [0, 0.1) is 6.92 Å². The van der Waals surface area contributed by atoms with Gasteiger partial charge in [-0.05, 0) is 18.6 Å². The van der Waals surface area contributed by atoms with Crippen molar-refractivity contribution >= 4 is 11.3 Å². The molecule has 0 radical (unpaired) electrons. The summed E-state index contributed by atoms with van der Waals surface area (Å²) in [5.41, 5.74) is 5.28. The normalized spacial score (nSPS) is 10.5. The summed E-state index contributed by atoms with van der Waals surface area (Å²) in [5, 5.41) is 5.41. The molecule has 78 valence electrons. The van der Waals surface area contributed by atoms with E-state index in [4.69, 9.17) is 0 Å². The molecule has 2 aromatic heterocycles. The number of nitrogens with zero attached hydrogens (tertiary/aromatic N) is 2. The van der Waals surface area contributed by atoms with E-state index in [1.165, 1.54) is 5.56 Å². The van der Waals surface area contributed by atoms with Crippen molar-refractivity contribution in [3.8, 4) is 0 Å². The molecule has 2 heterocycles. The van der Waals surface area contributed by atoms with Gasteiger partial charge in [0.25, 0.3) is 0 Å². The summed E-state index contributed by atoms with van der Waals surface area (Å²) < 4.78 is 0. The summed E-state index contributed by atoms with van der Waals surface area (Å²) in [6.45, 7) is 3.69. The predicted octanol–water partition coefficient (Wildman–Crippen LogP) is 2.14. The van der Waals surface area contributed by atoms with Crippen LogP contribution in [0.3, 0.4) is 0 Å². The summed E-state index contributed by atoms with van der Waals surface area (Å²) in [6, 6.07) is 4.06. The highest BCUT2D eigenvalue weighted by Crippen LogP contribution is 2.04. The lowest BCUT2D eigenvalue weighted by Gasteiger charge is -2.05. The van der Waals surface area contributed by atoms with Crippen molar-refractivity contribution in [3.63, 3.8) is 0 Å². The fourth-order valence-electron chi connectivity index (χ4n) is 1.35. The largest absolute Gasteiger partial charge is 0.307 e. The topological polar surface area (TPSA) is 37.8 Å². The number of hydrogen-bond acceptors (Lipinski definition) is 4. The second kappa shape index (κ2) is 5.00. The lowest BCUT2D eigenvalue weighted by molar-refractivity contribution is 0.677. The van der Waals surface area contributed by atoms with Crippen LogP contribution >= 0.6 is 11.3 Å². The Hall–Kier alpha value is -1.26. The van der Waals surface area contributed by atoms with E-state index in [1.807, 2.05) is 24.7 Å². The van der Waals surface area contributed by atoms with E-state index >= 15 is 0 Å². The Morgan fingerprint density at radius 2 is 2.27 bits per heavy atom. The molecule has 4 heteroatoms. The van der Waals surface area contributed by atoms with Gasteiger partial charge in [0.15, 0.2) is 0 Å². The highest BCUT2D eigenvalue weighted by atomic mass is 32.1. The van der Waals surface area contributed by atoms with Crippen LogP contribution in [0.1, 0.15) is 17.0 Å². The second-order valence-corrected chi connectivity index (χ2v) is 4.05. The van der Waals surface area contributed by atoms with Gasteiger partial charge in [0.2, 0.25) is 0 Å². The number of nitrogens with one attached hydrogen (secondary N) is 1. The van der Waals surface area contributed by atoms with E-state index in [-0.39, 0.29) is 0 Å². The molecule has 0 saturated carbocycles. The summed E-state index contributed by atoms with van der Waals surface area (Å²) in [4.78, 5) is 8.45. The molecule has 0 atom stereocenters. The average molecular weight is 219 g/mol. The van der Waals surface area contributed by atoms with E-state index in [0.29, 0.717) is 0 Å². The first-order valence-corrected chi connectivity index (χ1v) is 5.79. The van der Waals surface area contributed by atoms with Crippen LogP contribution < -0.4 is 5.32 Å². The Bertz CT molecular complexity index is 412. The minimum Gasteiger partial charge on any atom is -0.307 e. The molecule has 0 aliphatic carbocycles. The number of pyridine rings is 1. The Balaban J connectivity index is 1.86. The zero-order valence-corrected chi connectivity index (χ0v) is 9.42. The third-order valence-electron chi connectivity index (χ3n) is 2.22. The van der Waals surface area contributed by atoms with Crippen molar-refractivity contribution in [2.45, 2.75) is 20.0 Å². The predicted molar refractivity (Wildman–Crippen MR) is 61.6 cm³/mol. The third-order valence-corrected chi connectivity index (χ3v) is 2.86. The highest BCUT2D eigenvalue weighted by Gasteiger charge is 1.98. The van der Waals surface area contributed by atoms with E-state index in [9.17, 15) is 0 Å². The van der Waals surface area contributed by atoms with Crippen LogP contribution in [0.25, 0.3) is 0 Å². The molecule has 15 heavy (non-hydrogen) atoms. The molecular formula is C11H13N3S. The Kier molecular flexibility index (Phi) is 3.42. The Morgan fingerprint density at radius 1 is 1.33 bits per heavy atom. The van der Waals surface area contributed by atoms with Gasteiger partial charge in [-0.1, -0.05) is 6.07 Å². The third kappa shape index (κ3) is 2.84. The molecule has 2 aromatic rings. The van der Waals surface area contributed by atoms with Crippen molar-refractivity contribution in [3.05, 3.63) is 46.2 Å². The van der Waals surface area contributed by atoms with Gasteiger partial charge in [0.05, 0.1) is 11.2 Å². The SMILES string of the molecule is Cc1ncccc1CNCc1cscn1. The fourth-order valence-corrected chi connectivity index (χ4v) is 1.91. The van der Waals surface area contributed by atoms with Gasteiger partial charge in [-0.2, -0.15) is 0 Å². The first-order valence-electron chi connectivity index (χ1n) is 4.84. The van der Waals surface area contributed by atoms with Gasteiger partial charge in [-0.3, -0.25) is 4.98 Å². The van der Waals surface area contributed by atoms with Crippen LogP contribution in [0.4, 0.5) is 0 Å². The van der Waals surface area contributed by atoms with Crippen LogP contribution in [0.15, 0.2) is 29.2 Å². The lowest BCUT2D eigenvalue weighted by Crippen LogP contribution is -2.13. The second-order valence-electron chi connectivity index (χ2n) is 3.33. The maximum absolute atomic E-state index is 4.24. The zero-order valence-electron chi connectivity index (χ0n) is 8.60. The first-order chi connectivity index (χ1) is 7.36. The van der Waals surface area contributed by atoms with Gasteiger partial charge < -0.3 is 5.32 Å². The molecule has 2 rings (SSSR count). The Morgan fingerprint density at radius 3 is 3.00 bits per heavy atom. The number of hydrogen-bond donors (Lipinski definition) is 1. The van der Waals surface area contributed by atoms with Gasteiger partial charge in [-0.25, -0.2) is 4.98 Å². The molecule has 0 amide bonds. The molecule has 0 aliphatic heterocycles. The average Bonchev–Trinajstić information content (AvgIpc) is 2.74. The molecular weight excluding hydrogens is 206 g/mol. The van der Waals surface area contributed by atoms with Crippen LogP contribution in [-0.4, -0.2) is 9.97 Å². The van der Waals surface area contributed by atoms with Gasteiger partial charge in [0.1, 0.15) is 0 Å². The number of thiazole rings is 1. The van der Waals surface area contributed by atoms with Gasteiger partial charge in [-0.15, -0.1) is 11.3 Å². The lowest BCUT2D eigenvalue weighted by atomic mass is 10.2. The minimum atomic E-state index is 0.817. The molecule has 0 spiro atoms. The highest BCUT2D eigenvalue weighted by molar-refractivity contribution is 7.07. The van der Waals surface area contributed by atoms with Crippen LogP contribution in [0.2, 0.25) is 0 Å². The van der Waals surface area contributed by atoms with E-state index < -0.39 is 0 Å². The van der Waals surface area contributed by atoms with Crippen molar-refractivity contribution in [1.82, 2.24) is 15.3 Å². The molecule has 0 aliphatic rings. The maximum Gasteiger partial charge on any atom is 0.0795 e. The molecule has 0 aromatic carbocycles. The monoisotopic (exact) mass is 219 g/mol. The number of aromatic nitrogens is 2. The van der Waals surface area contributed by atoms with Gasteiger partial charge >= 0.3 is 0 Å².